The van der Waals surface area contributed by atoms with Crippen LogP contribution in [0.25, 0.3) is 10.2 Å². The summed E-state index contributed by atoms with van der Waals surface area (Å²) in [6.07, 6.45) is 8.74. The van der Waals surface area contributed by atoms with Gasteiger partial charge in [0.2, 0.25) is 15.9 Å². The van der Waals surface area contributed by atoms with Crippen LogP contribution in [0.3, 0.4) is 0 Å². The summed E-state index contributed by atoms with van der Waals surface area (Å²) in [5, 5.41) is 3.01. The van der Waals surface area contributed by atoms with Gasteiger partial charge in [0, 0.05) is 37.1 Å². The molecule has 0 aromatic carbocycles. The standard InChI is InChI=1S/C25H39N5O4S2/c1-4-20-8-5-6-12-28(20)13-7-11-26-21(31)16-29-17-27-24-22(25(29)32)23(19(3)35-24)36(33,34)30-14-9-18(2)10-15-30/h17-18,20H,4-16H2,1-3H3,(H,26,31)/t20-/m0/s1. The number of rotatable bonds is 9. The van der Waals surface area contributed by atoms with Crippen LogP contribution in [-0.4, -0.2) is 71.8 Å². The highest BCUT2D eigenvalue weighted by atomic mass is 32.2. The lowest BCUT2D eigenvalue weighted by molar-refractivity contribution is -0.121. The Balaban J connectivity index is 1.43. The van der Waals surface area contributed by atoms with Gasteiger partial charge in [-0.25, -0.2) is 13.4 Å². The van der Waals surface area contributed by atoms with Crippen molar-refractivity contribution >= 4 is 37.5 Å². The quantitative estimate of drug-likeness (QED) is 0.493. The third-order valence-corrected chi connectivity index (χ3v) is 10.8. The van der Waals surface area contributed by atoms with Crippen LogP contribution in [0.2, 0.25) is 0 Å². The van der Waals surface area contributed by atoms with Gasteiger partial charge in [0.25, 0.3) is 5.56 Å². The highest BCUT2D eigenvalue weighted by Crippen LogP contribution is 2.34. The van der Waals surface area contributed by atoms with Gasteiger partial charge in [0.15, 0.2) is 0 Å². The van der Waals surface area contributed by atoms with Crippen LogP contribution in [0.5, 0.6) is 0 Å². The number of carbonyl (C=O) groups is 1. The maximum Gasteiger partial charge on any atom is 0.263 e. The van der Waals surface area contributed by atoms with E-state index in [1.807, 2.05) is 0 Å². The van der Waals surface area contributed by atoms with Crippen LogP contribution in [0.4, 0.5) is 0 Å². The van der Waals surface area contributed by atoms with E-state index in [1.165, 1.54) is 45.8 Å². The molecule has 2 aliphatic rings. The van der Waals surface area contributed by atoms with Gasteiger partial charge in [-0.15, -0.1) is 11.3 Å². The lowest BCUT2D eigenvalue weighted by Crippen LogP contribution is -2.41. The SMILES string of the molecule is CC[C@H]1CCCCN1CCCNC(=O)Cn1cnc2sc(C)c(S(=O)(=O)N3CCC(C)CC3)c2c1=O. The van der Waals surface area contributed by atoms with Crippen LogP contribution in [0.1, 0.15) is 63.7 Å². The van der Waals surface area contributed by atoms with Gasteiger partial charge in [-0.1, -0.05) is 20.3 Å². The number of nitrogens with zero attached hydrogens (tertiary/aromatic N) is 4. The molecular formula is C25H39N5O4S2. The minimum atomic E-state index is -3.82. The Kier molecular flexibility index (Phi) is 8.85. The fraction of sp³-hybridized carbons (Fsp3) is 0.720. The van der Waals surface area contributed by atoms with Crippen molar-refractivity contribution in [3.8, 4) is 0 Å². The smallest absolute Gasteiger partial charge is 0.263 e. The summed E-state index contributed by atoms with van der Waals surface area (Å²) >= 11 is 1.21. The zero-order chi connectivity index (χ0) is 25.9. The summed E-state index contributed by atoms with van der Waals surface area (Å²) in [4.78, 5) is 33.8. The molecule has 11 heteroatoms. The lowest BCUT2D eigenvalue weighted by atomic mass is 10.00. The van der Waals surface area contributed by atoms with Gasteiger partial charge in [0.1, 0.15) is 16.3 Å². The van der Waals surface area contributed by atoms with Crippen LogP contribution in [-0.2, 0) is 21.4 Å². The minimum absolute atomic E-state index is 0.0521. The molecule has 4 rings (SSSR count). The van der Waals surface area contributed by atoms with E-state index >= 15 is 0 Å². The number of carbonyl (C=O) groups excluding carboxylic acids is 1. The van der Waals surface area contributed by atoms with Gasteiger partial charge in [-0.3, -0.25) is 14.2 Å². The Morgan fingerprint density at radius 1 is 1.19 bits per heavy atom. The van der Waals surface area contributed by atoms with Crippen molar-refractivity contribution in [1.82, 2.24) is 24.1 Å². The fourth-order valence-corrected chi connectivity index (χ4v) is 8.56. The number of sulfonamides is 1. The Morgan fingerprint density at radius 2 is 1.94 bits per heavy atom. The second kappa shape index (κ2) is 11.7. The van der Waals surface area contributed by atoms with Crippen LogP contribution < -0.4 is 10.9 Å². The highest BCUT2D eigenvalue weighted by Gasteiger charge is 2.33. The van der Waals surface area contributed by atoms with Gasteiger partial charge >= 0.3 is 0 Å². The molecule has 1 amide bonds. The maximum atomic E-state index is 13.5. The molecule has 4 heterocycles. The Morgan fingerprint density at radius 3 is 2.67 bits per heavy atom. The summed E-state index contributed by atoms with van der Waals surface area (Å²) in [6.45, 7) is 9.41. The van der Waals surface area contributed by atoms with Crippen LogP contribution in [0, 0.1) is 12.8 Å². The molecule has 0 bridgehead atoms. The van der Waals surface area contributed by atoms with Gasteiger partial charge in [-0.05, 0) is 57.9 Å². The first kappa shape index (κ1) is 27.2. The zero-order valence-corrected chi connectivity index (χ0v) is 23.3. The fourth-order valence-electron chi connectivity index (χ4n) is 5.43. The summed E-state index contributed by atoms with van der Waals surface area (Å²) in [6, 6.07) is 0.638. The molecule has 1 N–H and O–H groups in total. The van der Waals surface area contributed by atoms with E-state index in [2.05, 4.69) is 29.0 Å². The lowest BCUT2D eigenvalue weighted by Gasteiger charge is -2.35. The Labute approximate surface area is 217 Å². The third kappa shape index (κ3) is 5.84. The van der Waals surface area contributed by atoms with Gasteiger partial charge in [-0.2, -0.15) is 4.31 Å². The van der Waals surface area contributed by atoms with Crippen molar-refractivity contribution < 1.29 is 13.2 Å². The van der Waals surface area contributed by atoms with Crippen molar-refractivity contribution in [3.63, 3.8) is 0 Å². The normalized spacial score (nSPS) is 20.7. The summed E-state index contributed by atoms with van der Waals surface area (Å²) in [5.74, 6) is 0.215. The van der Waals surface area contributed by atoms with E-state index in [-0.39, 0.29) is 22.7 Å². The number of hydrogen-bond donors (Lipinski definition) is 1. The predicted molar refractivity (Wildman–Crippen MR) is 143 cm³/mol. The zero-order valence-electron chi connectivity index (χ0n) is 21.7. The number of thiophene rings is 1. The van der Waals surface area contributed by atoms with Crippen LogP contribution >= 0.6 is 11.3 Å². The molecule has 0 spiro atoms. The first-order valence-electron chi connectivity index (χ1n) is 13.2. The molecular weight excluding hydrogens is 498 g/mol. The van der Waals surface area contributed by atoms with Crippen molar-refractivity contribution in [2.75, 3.05) is 32.7 Å². The number of fused-ring (bicyclic) bond motifs is 1. The number of piperidine rings is 2. The summed E-state index contributed by atoms with van der Waals surface area (Å²) < 4.78 is 29.7. The van der Waals surface area contributed by atoms with E-state index in [0.29, 0.717) is 41.3 Å². The van der Waals surface area contributed by atoms with Crippen molar-refractivity contribution in [2.45, 2.75) is 83.2 Å². The molecule has 2 saturated heterocycles. The summed E-state index contributed by atoms with van der Waals surface area (Å²) in [5.41, 5.74) is -0.484. The first-order chi connectivity index (χ1) is 17.2. The molecule has 2 fully saturated rings. The molecule has 36 heavy (non-hydrogen) atoms. The number of hydrogen-bond acceptors (Lipinski definition) is 7. The maximum absolute atomic E-state index is 13.5. The largest absolute Gasteiger partial charge is 0.354 e. The number of aromatic nitrogens is 2. The van der Waals surface area contributed by atoms with Gasteiger partial charge in [0.05, 0.1) is 11.7 Å². The highest BCUT2D eigenvalue weighted by molar-refractivity contribution is 7.89. The minimum Gasteiger partial charge on any atom is -0.354 e. The van der Waals surface area contributed by atoms with Crippen molar-refractivity contribution in [1.29, 1.82) is 0 Å². The summed E-state index contributed by atoms with van der Waals surface area (Å²) in [7, 11) is -3.82. The number of aryl methyl sites for hydroxylation is 1. The molecule has 2 aromatic rings. The number of nitrogens with one attached hydrogen (secondary N) is 1. The molecule has 0 aliphatic carbocycles. The van der Waals surface area contributed by atoms with E-state index in [1.54, 1.807) is 6.92 Å². The van der Waals surface area contributed by atoms with E-state index in [4.69, 9.17) is 0 Å². The number of likely N-dealkylation sites (tertiary alicyclic amines) is 1. The first-order valence-corrected chi connectivity index (χ1v) is 15.5. The average molecular weight is 538 g/mol. The predicted octanol–water partition coefficient (Wildman–Crippen LogP) is 2.96. The monoisotopic (exact) mass is 537 g/mol. The van der Waals surface area contributed by atoms with E-state index in [9.17, 15) is 18.0 Å². The second-order valence-electron chi connectivity index (χ2n) is 10.2. The van der Waals surface area contributed by atoms with E-state index in [0.717, 1.165) is 38.8 Å². The Hall–Kier alpha value is -1.82. The molecule has 2 aromatic heterocycles. The average Bonchev–Trinajstić information content (AvgIpc) is 3.21. The van der Waals surface area contributed by atoms with Gasteiger partial charge < -0.3 is 10.2 Å². The Bertz CT molecular complexity index is 1230. The second-order valence-corrected chi connectivity index (χ2v) is 13.3. The third-order valence-electron chi connectivity index (χ3n) is 7.62. The molecule has 200 valence electrons. The molecule has 9 nitrogen and oxygen atoms in total. The van der Waals surface area contributed by atoms with Crippen LogP contribution in [0.15, 0.2) is 16.0 Å². The molecule has 0 unspecified atom stereocenters. The number of amides is 1. The molecule has 1 atom stereocenters. The molecule has 0 radical (unpaired) electrons. The topological polar surface area (TPSA) is 105 Å². The molecule has 0 saturated carbocycles. The molecule has 2 aliphatic heterocycles. The van der Waals surface area contributed by atoms with E-state index < -0.39 is 15.6 Å². The van der Waals surface area contributed by atoms with Crippen molar-refractivity contribution in [3.05, 3.63) is 21.6 Å². The van der Waals surface area contributed by atoms with Crippen molar-refractivity contribution in [2.24, 2.45) is 5.92 Å².